The number of non-ortho nitro benzene ring substituents is 1. The van der Waals surface area contributed by atoms with Gasteiger partial charge < -0.3 is 4.74 Å². The summed E-state index contributed by atoms with van der Waals surface area (Å²) < 4.78 is 5.72. The molecule has 0 spiro atoms. The predicted octanol–water partition coefficient (Wildman–Crippen LogP) is 2.99. The van der Waals surface area contributed by atoms with E-state index in [1.165, 1.54) is 12.1 Å². The van der Waals surface area contributed by atoms with Gasteiger partial charge in [-0.2, -0.15) is 12.6 Å². The van der Waals surface area contributed by atoms with Crippen LogP contribution in [-0.4, -0.2) is 17.3 Å². The van der Waals surface area contributed by atoms with Crippen LogP contribution in [0.4, 0.5) is 5.69 Å². The maximum atomic E-state index is 10.6. The van der Waals surface area contributed by atoms with Gasteiger partial charge >= 0.3 is 0 Å². The number of nitro groups is 1. The first-order valence-corrected chi connectivity index (χ1v) is 6.18. The van der Waals surface area contributed by atoms with E-state index in [2.05, 4.69) is 12.6 Å². The Bertz CT molecular complexity index is 443. The Morgan fingerprint density at radius 1 is 1.53 bits per heavy atom. The number of nitro benzene ring substituents is 1. The molecule has 0 atom stereocenters. The number of aryl methyl sites for hydroxylation is 1. The van der Waals surface area contributed by atoms with Gasteiger partial charge in [0.2, 0.25) is 0 Å². The van der Waals surface area contributed by atoms with Crippen LogP contribution in [0.2, 0.25) is 0 Å². The second-order valence-corrected chi connectivity index (χ2v) is 4.97. The molecule has 1 aliphatic rings. The molecule has 4 nitrogen and oxygen atoms in total. The second kappa shape index (κ2) is 4.56. The van der Waals surface area contributed by atoms with Gasteiger partial charge in [-0.3, -0.25) is 10.1 Å². The number of thiol groups is 1. The summed E-state index contributed by atoms with van der Waals surface area (Å²) in [5, 5.41) is 10.6. The van der Waals surface area contributed by atoms with Gasteiger partial charge in [-0.25, -0.2) is 0 Å². The Morgan fingerprint density at radius 2 is 2.24 bits per heavy atom. The summed E-state index contributed by atoms with van der Waals surface area (Å²) in [5.41, 5.74) is 1.14. The maximum absolute atomic E-state index is 10.6. The Balaban J connectivity index is 2.04. The van der Waals surface area contributed by atoms with Crippen molar-refractivity contribution in [1.29, 1.82) is 0 Å². The van der Waals surface area contributed by atoms with Crippen LogP contribution < -0.4 is 4.74 Å². The number of ether oxygens (including phenoxy) is 1. The smallest absolute Gasteiger partial charge is 0.269 e. The second-order valence-electron chi connectivity index (χ2n) is 4.65. The van der Waals surface area contributed by atoms with Gasteiger partial charge in [0, 0.05) is 17.5 Å². The van der Waals surface area contributed by atoms with E-state index in [9.17, 15) is 10.1 Å². The van der Waals surface area contributed by atoms with Crippen molar-refractivity contribution in [1.82, 2.24) is 0 Å². The van der Waals surface area contributed by atoms with Gasteiger partial charge in [-0.15, -0.1) is 0 Å². The number of hydrogen-bond donors (Lipinski definition) is 1. The van der Waals surface area contributed by atoms with Crippen LogP contribution >= 0.6 is 12.6 Å². The summed E-state index contributed by atoms with van der Waals surface area (Å²) in [6.07, 6.45) is 2.31. The summed E-state index contributed by atoms with van der Waals surface area (Å²) in [6, 6.07) is 4.68. The van der Waals surface area contributed by atoms with Crippen molar-refractivity contribution in [2.45, 2.75) is 19.8 Å². The lowest BCUT2D eigenvalue weighted by Gasteiger charge is -2.14. The van der Waals surface area contributed by atoms with E-state index < -0.39 is 4.92 Å². The molecule has 5 heteroatoms. The quantitative estimate of drug-likeness (QED) is 0.498. The molecule has 0 amide bonds. The first-order chi connectivity index (χ1) is 8.06. The molecule has 17 heavy (non-hydrogen) atoms. The van der Waals surface area contributed by atoms with E-state index in [4.69, 9.17) is 4.74 Å². The van der Waals surface area contributed by atoms with E-state index in [1.54, 1.807) is 6.07 Å². The predicted molar refractivity (Wildman–Crippen MR) is 68.8 cm³/mol. The van der Waals surface area contributed by atoms with Crippen molar-refractivity contribution >= 4 is 18.3 Å². The lowest BCUT2D eigenvalue weighted by molar-refractivity contribution is -0.384. The summed E-state index contributed by atoms with van der Waals surface area (Å²) in [7, 11) is 0. The van der Waals surface area contributed by atoms with Gasteiger partial charge in [-0.1, -0.05) is 0 Å². The summed E-state index contributed by atoms with van der Waals surface area (Å²) in [4.78, 5) is 10.2. The lowest BCUT2D eigenvalue weighted by atomic mass is 10.1. The average Bonchev–Trinajstić information content (AvgIpc) is 3.08. The minimum absolute atomic E-state index is 0.102. The number of hydrogen-bond acceptors (Lipinski definition) is 4. The molecule has 1 aromatic carbocycles. The van der Waals surface area contributed by atoms with Gasteiger partial charge in [-0.05, 0) is 37.1 Å². The van der Waals surface area contributed by atoms with Crippen LogP contribution in [0.1, 0.15) is 18.4 Å². The highest BCUT2D eigenvalue weighted by Gasteiger charge is 2.42. The summed E-state index contributed by atoms with van der Waals surface area (Å²) in [5.74, 6) is 1.56. The molecular formula is C12H15NO3S. The van der Waals surface area contributed by atoms with Gasteiger partial charge in [0.05, 0.1) is 11.5 Å². The van der Waals surface area contributed by atoms with Crippen LogP contribution in [0.3, 0.4) is 0 Å². The molecule has 0 bridgehead atoms. The zero-order valence-corrected chi connectivity index (χ0v) is 10.6. The van der Waals surface area contributed by atoms with E-state index in [0.29, 0.717) is 6.61 Å². The Kier molecular flexibility index (Phi) is 3.28. The molecule has 1 saturated carbocycles. The van der Waals surface area contributed by atoms with Gasteiger partial charge in [0.25, 0.3) is 5.69 Å². The molecule has 0 saturated heterocycles. The minimum atomic E-state index is -0.396. The molecule has 1 aliphatic carbocycles. The molecule has 2 rings (SSSR count). The fraction of sp³-hybridized carbons (Fsp3) is 0.500. The molecule has 0 heterocycles. The third-order valence-corrected chi connectivity index (χ3v) is 3.87. The van der Waals surface area contributed by atoms with Crippen molar-refractivity contribution < 1.29 is 9.66 Å². The zero-order valence-electron chi connectivity index (χ0n) is 9.68. The number of nitrogens with zero attached hydrogens (tertiary/aromatic N) is 1. The molecule has 92 valence electrons. The number of rotatable bonds is 5. The minimum Gasteiger partial charge on any atom is -0.493 e. The van der Waals surface area contributed by atoms with Crippen molar-refractivity contribution in [2.24, 2.45) is 5.41 Å². The Morgan fingerprint density at radius 3 is 2.71 bits per heavy atom. The topological polar surface area (TPSA) is 52.4 Å². The van der Waals surface area contributed by atoms with Crippen LogP contribution in [0.25, 0.3) is 0 Å². The van der Waals surface area contributed by atoms with E-state index in [0.717, 1.165) is 29.9 Å². The van der Waals surface area contributed by atoms with Crippen molar-refractivity contribution in [2.75, 3.05) is 12.4 Å². The maximum Gasteiger partial charge on any atom is 0.269 e. The van der Waals surface area contributed by atoms with Crippen LogP contribution in [0.5, 0.6) is 5.75 Å². The molecule has 0 aromatic heterocycles. The van der Waals surface area contributed by atoms with Crippen LogP contribution in [0.15, 0.2) is 18.2 Å². The van der Waals surface area contributed by atoms with E-state index >= 15 is 0 Å². The third kappa shape index (κ3) is 2.72. The Hall–Kier alpha value is -1.23. The monoisotopic (exact) mass is 253 g/mol. The van der Waals surface area contributed by atoms with E-state index in [1.807, 2.05) is 6.92 Å². The fourth-order valence-electron chi connectivity index (χ4n) is 1.66. The van der Waals surface area contributed by atoms with Crippen LogP contribution in [-0.2, 0) is 0 Å². The fourth-order valence-corrected chi connectivity index (χ4v) is 2.07. The summed E-state index contributed by atoms with van der Waals surface area (Å²) in [6.45, 7) is 2.47. The lowest BCUT2D eigenvalue weighted by Crippen LogP contribution is -2.15. The highest BCUT2D eigenvalue weighted by Crippen LogP contribution is 2.46. The highest BCUT2D eigenvalue weighted by atomic mass is 32.1. The van der Waals surface area contributed by atoms with Crippen molar-refractivity contribution in [3.05, 3.63) is 33.9 Å². The molecular weight excluding hydrogens is 238 g/mol. The molecule has 0 aliphatic heterocycles. The molecule has 1 fully saturated rings. The average molecular weight is 253 g/mol. The van der Waals surface area contributed by atoms with Crippen LogP contribution in [0, 0.1) is 22.5 Å². The third-order valence-electron chi connectivity index (χ3n) is 3.20. The zero-order chi connectivity index (χ0) is 12.5. The first-order valence-electron chi connectivity index (χ1n) is 5.55. The van der Waals surface area contributed by atoms with E-state index in [-0.39, 0.29) is 11.1 Å². The number of benzene rings is 1. The van der Waals surface area contributed by atoms with Crippen molar-refractivity contribution in [3.8, 4) is 5.75 Å². The normalized spacial score (nSPS) is 16.6. The first kappa shape index (κ1) is 12.2. The molecule has 0 unspecified atom stereocenters. The standard InChI is InChI=1S/C12H15NO3S/c1-9-6-10(13(14)15)2-3-11(9)16-7-12(8-17)4-5-12/h2-3,6,17H,4-5,7-8H2,1H3. The van der Waals surface area contributed by atoms with Gasteiger partial charge in [0.1, 0.15) is 5.75 Å². The van der Waals surface area contributed by atoms with Gasteiger partial charge in [0.15, 0.2) is 0 Å². The Labute approximate surface area is 106 Å². The SMILES string of the molecule is Cc1cc([N+](=O)[O-])ccc1OCC1(CS)CC1. The largest absolute Gasteiger partial charge is 0.493 e. The summed E-state index contributed by atoms with van der Waals surface area (Å²) >= 11 is 4.31. The van der Waals surface area contributed by atoms with Crippen molar-refractivity contribution in [3.63, 3.8) is 0 Å². The molecule has 0 radical (unpaired) electrons. The highest BCUT2D eigenvalue weighted by molar-refractivity contribution is 7.80. The molecule has 1 aromatic rings. The molecule has 0 N–H and O–H groups in total.